The Kier molecular flexibility index (Phi) is 5.06. The molecule has 0 aromatic heterocycles. The van der Waals surface area contributed by atoms with Gasteiger partial charge < -0.3 is 14.2 Å². The quantitative estimate of drug-likeness (QED) is 0.467. The van der Waals surface area contributed by atoms with Crippen LogP contribution < -0.4 is 14.2 Å². The number of fused-ring (bicyclic) bond motifs is 3. The third-order valence-electron chi connectivity index (χ3n) is 5.62. The second-order valence-corrected chi connectivity index (χ2v) is 8.34. The summed E-state index contributed by atoms with van der Waals surface area (Å²) in [5, 5.41) is 6.91. The molecule has 0 bridgehead atoms. The highest BCUT2D eigenvalue weighted by atomic mass is 79.9. The van der Waals surface area contributed by atoms with E-state index in [1.54, 1.807) is 26.4 Å². The molecule has 0 spiro atoms. The third-order valence-corrected chi connectivity index (χ3v) is 6.12. The van der Waals surface area contributed by atoms with Crippen LogP contribution in [0.4, 0.5) is 4.39 Å². The van der Waals surface area contributed by atoms with E-state index in [2.05, 4.69) is 22.0 Å². The zero-order chi connectivity index (χ0) is 21.5. The molecule has 2 atom stereocenters. The van der Waals surface area contributed by atoms with Crippen LogP contribution in [0.5, 0.6) is 17.2 Å². The van der Waals surface area contributed by atoms with Gasteiger partial charge in [-0.1, -0.05) is 28.1 Å². The van der Waals surface area contributed by atoms with Crippen LogP contribution in [0, 0.1) is 5.82 Å². The van der Waals surface area contributed by atoms with E-state index in [9.17, 15) is 4.39 Å². The van der Waals surface area contributed by atoms with Crippen LogP contribution >= 0.6 is 15.9 Å². The Hall–Kier alpha value is -3.06. The van der Waals surface area contributed by atoms with Crippen molar-refractivity contribution >= 4 is 21.6 Å². The molecule has 5 rings (SSSR count). The smallest absolute Gasteiger partial charge is 0.213 e. The zero-order valence-electron chi connectivity index (χ0n) is 17.0. The summed E-state index contributed by atoms with van der Waals surface area (Å²) in [5.74, 6) is 1.85. The maximum Gasteiger partial charge on any atom is 0.213 e. The number of hydrogen-bond acceptors (Lipinski definition) is 5. The summed E-state index contributed by atoms with van der Waals surface area (Å²) in [7, 11) is 3.23. The molecular formula is C24H20BrFN2O3. The Morgan fingerprint density at radius 2 is 1.77 bits per heavy atom. The van der Waals surface area contributed by atoms with E-state index in [1.165, 1.54) is 12.1 Å². The van der Waals surface area contributed by atoms with Gasteiger partial charge in [-0.15, -0.1) is 0 Å². The van der Waals surface area contributed by atoms with Crippen molar-refractivity contribution in [1.82, 2.24) is 5.01 Å². The van der Waals surface area contributed by atoms with Crippen molar-refractivity contribution in [1.29, 1.82) is 0 Å². The maximum atomic E-state index is 13.5. The molecule has 31 heavy (non-hydrogen) atoms. The van der Waals surface area contributed by atoms with Crippen LogP contribution in [-0.2, 0) is 0 Å². The van der Waals surface area contributed by atoms with Gasteiger partial charge in [0.25, 0.3) is 0 Å². The Labute approximate surface area is 188 Å². The monoisotopic (exact) mass is 482 g/mol. The zero-order valence-corrected chi connectivity index (χ0v) is 18.6. The predicted molar refractivity (Wildman–Crippen MR) is 119 cm³/mol. The predicted octanol–water partition coefficient (Wildman–Crippen LogP) is 5.85. The highest BCUT2D eigenvalue weighted by molar-refractivity contribution is 9.10. The van der Waals surface area contributed by atoms with E-state index < -0.39 is 6.23 Å². The molecule has 7 heteroatoms. The van der Waals surface area contributed by atoms with Gasteiger partial charge in [0.1, 0.15) is 11.6 Å². The Balaban J connectivity index is 1.58. The molecule has 158 valence electrons. The van der Waals surface area contributed by atoms with Crippen molar-refractivity contribution < 1.29 is 18.6 Å². The van der Waals surface area contributed by atoms with Gasteiger partial charge in [-0.3, -0.25) is 0 Å². The van der Waals surface area contributed by atoms with Gasteiger partial charge in [-0.25, -0.2) is 9.40 Å². The summed E-state index contributed by atoms with van der Waals surface area (Å²) in [5.41, 5.74) is 3.79. The van der Waals surface area contributed by atoms with Crippen LogP contribution in [0.15, 0.2) is 70.2 Å². The second-order valence-electron chi connectivity index (χ2n) is 7.42. The van der Waals surface area contributed by atoms with E-state index >= 15 is 0 Å². The Morgan fingerprint density at radius 1 is 1.00 bits per heavy atom. The topological polar surface area (TPSA) is 43.3 Å². The summed E-state index contributed by atoms with van der Waals surface area (Å²) in [6.45, 7) is 0. The number of halogens is 2. The van der Waals surface area contributed by atoms with Gasteiger partial charge in [-0.2, -0.15) is 5.10 Å². The van der Waals surface area contributed by atoms with Crippen LogP contribution in [0.25, 0.3) is 0 Å². The largest absolute Gasteiger partial charge is 0.493 e. The number of hydrogen-bond donors (Lipinski definition) is 0. The van der Waals surface area contributed by atoms with Gasteiger partial charge in [0.05, 0.1) is 26.0 Å². The van der Waals surface area contributed by atoms with Crippen molar-refractivity contribution in [3.63, 3.8) is 0 Å². The summed E-state index contributed by atoms with van der Waals surface area (Å²) >= 11 is 3.57. The molecule has 2 heterocycles. The third kappa shape index (κ3) is 3.53. The number of rotatable bonds is 4. The van der Waals surface area contributed by atoms with E-state index in [1.807, 2.05) is 35.3 Å². The first-order chi connectivity index (χ1) is 15.1. The second kappa shape index (κ2) is 7.89. The highest BCUT2D eigenvalue weighted by Gasteiger charge is 2.41. The standard InChI is InChI=1S/C24H20BrFN2O3/c1-29-22-9-5-15(11-23(22)30-2)19-13-20-18-12-16(25)6-10-21(18)31-24(28(20)27-19)14-3-7-17(26)8-4-14/h3-12,20,24H,13H2,1-2H3/t20-,24-/m1/s1. The van der Waals surface area contributed by atoms with Crippen molar-refractivity contribution in [3.05, 3.63) is 87.6 Å². The minimum atomic E-state index is -0.447. The molecule has 0 aliphatic carbocycles. The van der Waals surface area contributed by atoms with E-state index in [4.69, 9.17) is 19.3 Å². The SMILES string of the molecule is COc1ccc(C2=NN3[C@H](C2)c2cc(Br)ccc2O[C@@H]3c2ccc(F)cc2)cc1OC. The lowest BCUT2D eigenvalue weighted by atomic mass is 9.96. The first-order valence-electron chi connectivity index (χ1n) is 9.87. The average Bonchev–Trinajstić information content (AvgIpc) is 3.24. The molecule has 0 unspecified atom stereocenters. The van der Waals surface area contributed by atoms with E-state index in [-0.39, 0.29) is 11.9 Å². The summed E-state index contributed by atoms with van der Waals surface area (Å²) in [4.78, 5) is 0. The number of nitrogens with zero attached hydrogens (tertiary/aromatic N) is 2. The normalized spacial score (nSPS) is 19.2. The van der Waals surface area contributed by atoms with Gasteiger partial charge in [0, 0.05) is 27.6 Å². The molecule has 0 saturated heterocycles. The van der Waals surface area contributed by atoms with Crippen molar-refractivity contribution in [2.45, 2.75) is 18.7 Å². The fourth-order valence-corrected chi connectivity index (χ4v) is 4.47. The lowest BCUT2D eigenvalue weighted by molar-refractivity contribution is -0.0191. The molecule has 2 aliphatic rings. The fraction of sp³-hybridized carbons (Fsp3) is 0.208. The average molecular weight is 483 g/mol. The Morgan fingerprint density at radius 3 is 2.52 bits per heavy atom. The lowest BCUT2D eigenvalue weighted by Crippen LogP contribution is -2.33. The molecular weight excluding hydrogens is 463 g/mol. The number of hydrazone groups is 1. The van der Waals surface area contributed by atoms with E-state index in [0.717, 1.165) is 32.6 Å². The van der Waals surface area contributed by atoms with Gasteiger partial charge in [0.2, 0.25) is 6.23 Å². The number of methoxy groups -OCH3 is 2. The molecule has 0 fully saturated rings. The highest BCUT2D eigenvalue weighted by Crippen LogP contribution is 2.48. The number of benzene rings is 3. The molecule has 0 radical (unpaired) electrons. The van der Waals surface area contributed by atoms with Gasteiger partial charge >= 0.3 is 0 Å². The molecule has 3 aromatic rings. The van der Waals surface area contributed by atoms with Gasteiger partial charge in [0.15, 0.2) is 11.5 Å². The minimum Gasteiger partial charge on any atom is -0.493 e. The fourth-order valence-electron chi connectivity index (χ4n) is 4.10. The Bertz CT molecular complexity index is 1170. The molecule has 3 aromatic carbocycles. The molecule has 2 aliphatic heterocycles. The van der Waals surface area contributed by atoms with Crippen LogP contribution in [0.3, 0.4) is 0 Å². The van der Waals surface area contributed by atoms with Crippen LogP contribution in [0.1, 0.15) is 35.4 Å². The molecule has 5 nitrogen and oxygen atoms in total. The van der Waals surface area contributed by atoms with Crippen molar-refractivity contribution in [2.24, 2.45) is 5.10 Å². The minimum absolute atomic E-state index is 0.000556. The summed E-state index contributed by atoms with van der Waals surface area (Å²) < 4.78 is 31.6. The first kappa shape index (κ1) is 19.9. The van der Waals surface area contributed by atoms with Crippen molar-refractivity contribution in [3.8, 4) is 17.2 Å². The summed E-state index contributed by atoms with van der Waals surface area (Å²) in [6, 6.07) is 18.2. The summed E-state index contributed by atoms with van der Waals surface area (Å²) in [6.07, 6.45) is 0.261. The molecule has 0 amide bonds. The van der Waals surface area contributed by atoms with Gasteiger partial charge in [-0.05, 0) is 48.5 Å². The molecule has 0 N–H and O–H groups in total. The van der Waals surface area contributed by atoms with Crippen LogP contribution in [0.2, 0.25) is 0 Å². The van der Waals surface area contributed by atoms with E-state index in [0.29, 0.717) is 17.9 Å². The maximum absolute atomic E-state index is 13.5. The lowest BCUT2D eigenvalue weighted by Gasteiger charge is -2.38. The first-order valence-corrected chi connectivity index (χ1v) is 10.7. The van der Waals surface area contributed by atoms with Crippen molar-refractivity contribution in [2.75, 3.05) is 14.2 Å². The number of ether oxygens (including phenoxy) is 3. The molecule has 0 saturated carbocycles. The van der Waals surface area contributed by atoms with Crippen LogP contribution in [-0.4, -0.2) is 24.9 Å².